The Kier molecular flexibility index (Phi) is 5.92. The van der Waals surface area contributed by atoms with Crippen molar-refractivity contribution in [2.24, 2.45) is 0 Å². The standard InChI is InChI=1S/C29H29ClN4O2/c1-36-23-9-11-26-24(17-23)27(12-15-31-26)34-18-19-16-22(8-10-25(19)33-34)32-28(35)29(13-2-3-14-29)20-4-6-21(30)7-5-20/h4-7,9,11-12,15,17-18,22H,2-3,8,10,13-14,16H2,1H3,(H,32,35). The molecular formula is C29H29ClN4O2. The van der Waals surface area contributed by atoms with Gasteiger partial charge in [0.1, 0.15) is 5.75 Å². The van der Waals surface area contributed by atoms with Crippen molar-refractivity contribution in [2.75, 3.05) is 7.11 Å². The van der Waals surface area contributed by atoms with Crippen molar-refractivity contribution in [3.63, 3.8) is 0 Å². The highest BCUT2D eigenvalue weighted by Crippen LogP contribution is 2.42. The number of hydrogen-bond donors (Lipinski definition) is 1. The van der Waals surface area contributed by atoms with Crippen LogP contribution in [0.1, 0.15) is 48.9 Å². The smallest absolute Gasteiger partial charge is 0.230 e. The van der Waals surface area contributed by atoms with Crippen LogP contribution in [0.3, 0.4) is 0 Å². The molecule has 1 atom stereocenters. The largest absolute Gasteiger partial charge is 0.497 e. The maximum absolute atomic E-state index is 13.7. The summed E-state index contributed by atoms with van der Waals surface area (Å²) in [6.45, 7) is 0. The Bertz CT molecular complexity index is 1420. The minimum atomic E-state index is -0.454. The maximum Gasteiger partial charge on any atom is 0.230 e. The second-order valence-electron chi connectivity index (χ2n) is 9.97. The van der Waals surface area contributed by atoms with Gasteiger partial charge in [0.2, 0.25) is 5.91 Å². The summed E-state index contributed by atoms with van der Waals surface area (Å²) in [6.07, 6.45) is 10.3. The average molecular weight is 501 g/mol. The number of benzene rings is 2. The van der Waals surface area contributed by atoms with E-state index < -0.39 is 5.41 Å². The zero-order valence-electron chi connectivity index (χ0n) is 20.3. The molecule has 7 heteroatoms. The minimum absolute atomic E-state index is 0.0988. The average Bonchev–Trinajstić information content (AvgIpc) is 3.56. The summed E-state index contributed by atoms with van der Waals surface area (Å²) >= 11 is 6.12. The number of hydrogen-bond acceptors (Lipinski definition) is 4. The number of pyridine rings is 1. The molecule has 2 aliphatic carbocycles. The fourth-order valence-electron chi connectivity index (χ4n) is 5.91. The van der Waals surface area contributed by atoms with E-state index in [-0.39, 0.29) is 11.9 Å². The van der Waals surface area contributed by atoms with E-state index in [2.05, 4.69) is 16.5 Å². The fourth-order valence-corrected chi connectivity index (χ4v) is 6.03. The first-order chi connectivity index (χ1) is 17.6. The van der Waals surface area contributed by atoms with Gasteiger partial charge in [-0.05, 0) is 79.6 Å². The van der Waals surface area contributed by atoms with Gasteiger partial charge in [0, 0.05) is 28.8 Å². The Hall–Kier alpha value is -3.38. The molecule has 1 fully saturated rings. The van der Waals surface area contributed by atoms with Crippen LogP contribution in [-0.4, -0.2) is 33.8 Å². The van der Waals surface area contributed by atoms with Crippen molar-refractivity contribution < 1.29 is 9.53 Å². The summed E-state index contributed by atoms with van der Waals surface area (Å²) < 4.78 is 7.38. The van der Waals surface area contributed by atoms with Crippen LogP contribution in [0.15, 0.2) is 60.9 Å². The topological polar surface area (TPSA) is 69.0 Å². The predicted molar refractivity (Wildman–Crippen MR) is 141 cm³/mol. The minimum Gasteiger partial charge on any atom is -0.497 e. The maximum atomic E-state index is 13.7. The van der Waals surface area contributed by atoms with Gasteiger partial charge in [-0.1, -0.05) is 36.6 Å². The molecule has 2 aromatic heterocycles. The number of methoxy groups -OCH3 is 1. The highest BCUT2D eigenvalue weighted by Gasteiger charge is 2.43. The van der Waals surface area contributed by atoms with Crippen LogP contribution in [0.25, 0.3) is 16.6 Å². The summed E-state index contributed by atoms with van der Waals surface area (Å²) in [4.78, 5) is 18.2. The van der Waals surface area contributed by atoms with Crippen molar-refractivity contribution in [2.45, 2.75) is 56.4 Å². The number of halogens is 1. The van der Waals surface area contributed by atoms with Crippen molar-refractivity contribution in [3.8, 4) is 11.4 Å². The molecule has 2 heterocycles. The first kappa shape index (κ1) is 23.0. The molecule has 1 amide bonds. The van der Waals surface area contributed by atoms with Gasteiger partial charge in [-0.3, -0.25) is 9.78 Å². The van der Waals surface area contributed by atoms with E-state index in [1.807, 2.05) is 59.4 Å². The van der Waals surface area contributed by atoms with Crippen molar-refractivity contribution in [1.29, 1.82) is 0 Å². The van der Waals surface area contributed by atoms with Crippen LogP contribution in [0.5, 0.6) is 5.75 Å². The van der Waals surface area contributed by atoms with E-state index in [1.165, 1.54) is 5.56 Å². The normalized spacial score (nSPS) is 18.7. The van der Waals surface area contributed by atoms with Gasteiger partial charge in [-0.15, -0.1) is 0 Å². The van der Waals surface area contributed by atoms with Gasteiger partial charge in [-0.2, -0.15) is 5.10 Å². The number of carbonyl (C=O) groups excluding carboxylic acids is 1. The lowest BCUT2D eigenvalue weighted by molar-refractivity contribution is -0.127. The lowest BCUT2D eigenvalue weighted by Crippen LogP contribution is -2.48. The fraction of sp³-hybridized carbons (Fsp3) is 0.345. The van der Waals surface area contributed by atoms with Crippen LogP contribution < -0.4 is 10.1 Å². The van der Waals surface area contributed by atoms with Crippen LogP contribution in [0.2, 0.25) is 5.02 Å². The number of nitrogens with one attached hydrogen (secondary N) is 1. The lowest BCUT2D eigenvalue weighted by Gasteiger charge is -2.32. The first-order valence-electron chi connectivity index (χ1n) is 12.6. The number of carbonyl (C=O) groups is 1. The highest BCUT2D eigenvalue weighted by atomic mass is 35.5. The molecule has 1 unspecified atom stereocenters. The number of aryl methyl sites for hydroxylation is 1. The monoisotopic (exact) mass is 500 g/mol. The molecule has 184 valence electrons. The van der Waals surface area contributed by atoms with Crippen molar-refractivity contribution in [3.05, 3.63) is 82.8 Å². The van der Waals surface area contributed by atoms with Crippen LogP contribution in [-0.2, 0) is 23.1 Å². The van der Waals surface area contributed by atoms with Crippen LogP contribution in [0, 0.1) is 0 Å². The molecule has 0 aliphatic heterocycles. The Balaban J connectivity index is 1.24. The zero-order valence-corrected chi connectivity index (χ0v) is 21.1. The zero-order chi connectivity index (χ0) is 24.7. The molecule has 0 saturated heterocycles. The van der Waals surface area contributed by atoms with Crippen molar-refractivity contribution in [1.82, 2.24) is 20.1 Å². The number of aromatic nitrogens is 3. The number of nitrogens with zero attached hydrogens (tertiary/aromatic N) is 3. The number of amides is 1. The summed E-state index contributed by atoms with van der Waals surface area (Å²) in [5.74, 6) is 0.938. The van der Waals surface area contributed by atoms with Gasteiger partial charge >= 0.3 is 0 Å². The van der Waals surface area contributed by atoms with E-state index in [9.17, 15) is 4.79 Å². The molecule has 6 rings (SSSR count). The Labute approximate surface area is 215 Å². The Morgan fingerprint density at radius 3 is 2.72 bits per heavy atom. The second-order valence-corrected chi connectivity index (χ2v) is 10.4. The molecule has 4 aromatic rings. The SMILES string of the molecule is COc1ccc2nccc(-n3cc4c(n3)CCC(NC(=O)C3(c5ccc(Cl)cc5)CCCC3)C4)c2c1. The number of fused-ring (bicyclic) bond motifs is 2. The predicted octanol–water partition coefficient (Wildman–Crippen LogP) is 5.57. The molecule has 0 radical (unpaired) electrons. The van der Waals surface area contributed by atoms with E-state index in [0.717, 1.165) is 78.5 Å². The molecule has 36 heavy (non-hydrogen) atoms. The third kappa shape index (κ3) is 4.03. The third-order valence-corrected chi connectivity index (χ3v) is 8.12. The Morgan fingerprint density at radius 1 is 1.14 bits per heavy atom. The molecule has 1 saturated carbocycles. The second kappa shape index (κ2) is 9.25. The lowest BCUT2D eigenvalue weighted by atomic mass is 9.77. The van der Waals surface area contributed by atoms with Crippen molar-refractivity contribution >= 4 is 28.4 Å². The van der Waals surface area contributed by atoms with Crippen LogP contribution >= 0.6 is 11.6 Å². The molecule has 2 aliphatic rings. The number of rotatable bonds is 5. The Morgan fingerprint density at radius 2 is 1.94 bits per heavy atom. The van der Waals surface area contributed by atoms with Gasteiger partial charge in [0.05, 0.1) is 29.4 Å². The number of ether oxygens (including phenoxy) is 1. The van der Waals surface area contributed by atoms with E-state index in [1.54, 1.807) is 7.11 Å². The van der Waals surface area contributed by atoms with E-state index >= 15 is 0 Å². The third-order valence-electron chi connectivity index (χ3n) is 7.87. The van der Waals surface area contributed by atoms with Gasteiger partial charge in [0.25, 0.3) is 0 Å². The van der Waals surface area contributed by atoms with E-state index in [4.69, 9.17) is 21.4 Å². The van der Waals surface area contributed by atoms with Gasteiger partial charge in [-0.25, -0.2) is 4.68 Å². The molecule has 6 nitrogen and oxygen atoms in total. The molecule has 0 spiro atoms. The quantitative estimate of drug-likeness (QED) is 0.389. The molecule has 1 N–H and O–H groups in total. The van der Waals surface area contributed by atoms with Gasteiger partial charge < -0.3 is 10.1 Å². The van der Waals surface area contributed by atoms with E-state index in [0.29, 0.717) is 5.02 Å². The summed E-state index contributed by atoms with van der Waals surface area (Å²) in [5, 5.41) is 10.0. The van der Waals surface area contributed by atoms with Gasteiger partial charge in [0.15, 0.2) is 0 Å². The summed E-state index contributed by atoms with van der Waals surface area (Å²) in [6, 6.07) is 15.8. The molecule has 0 bridgehead atoms. The molecule has 2 aromatic carbocycles. The summed E-state index contributed by atoms with van der Waals surface area (Å²) in [7, 11) is 1.67. The summed E-state index contributed by atoms with van der Waals surface area (Å²) in [5.41, 5.74) is 4.78. The highest BCUT2D eigenvalue weighted by molar-refractivity contribution is 6.30. The molecular weight excluding hydrogens is 472 g/mol. The van der Waals surface area contributed by atoms with Crippen LogP contribution in [0.4, 0.5) is 0 Å². The first-order valence-corrected chi connectivity index (χ1v) is 13.0.